The van der Waals surface area contributed by atoms with Crippen LogP contribution in [0, 0.1) is 0 Å². The summed E-state index contributed by atoms with van der Waals surface area (Å²) >= 11 is 0. The van der Waals surface area contributed by atoms with E-state index in [-0.39, 0.29) is 0 Å². The van der Waals surface area contributed by atoms with Crippen molar-refractivity contribution in [3.8, 4) is 0 Å². The van der Waals surface area contributed by atoms with Crippen molar-refractivity contribution in [1.29, 1.82) is 0 Å². The van der Waals surface area contributed by atoms with Crippen LogP contribution in [0.3, 0.4) is 0 Å². The van der Waals surface area contributed by atoms with Crippen LogP contribution >= 0.6 is 0 Å². The Morgan fingerprint density at radius 1 is 1.31 bits per heavy atom. The van der Waals surface area contributed by atoms with Gasteiger partial charge in [0.05, 0.1) is 11.6 Å². The molecule has 3 N–H and O–H groups in total. The molecule has 2 heterocycles. The summed E-state index contributed by atoms with van der Waals surface area (Å²) in [6, 6.07) is 3.65. The Bertz CT molecular complexity index is 571. The van der Waals surface area contributed by atoms with E-state index in [0.29, 0.717) is 17.7 Å². The number of fused-ring (bicyclic) bond motifs is 1. The van der Waals surface area contributed by atoms with Crippen molar-refractivity contribution in [2.45, 2.75) is 0 Å². The van der Waals surface area contributed by atoms with Crippen LogP contribution in [-0.4, -0.2) is 34.2 Å². The molecule has 2 aromatic rings. The van der Waals surface area contributed by atoms with Crippen LogP contribution in [0.1, 0.15) is 0 Å². The molecular weight excluding hydrogens is 232 g/mol. The zero-order valence-electron chi connectivity index (χ0n) is 8.40. The van der Waals surface area contributed by atoms with Crippen molar-refractivity contribution in [2.24, 2.45) is 0 Å². The molecule has 0 spiro atoms. The van der Waals surface area contributed by atoms with E-state index >= 15 is 0 Å². The van der Waals surface area contributed by atoms with Gasteiger partial charge in [0.15, 0.2) is 5.65 Å². The highest BCUT2D eigenvalue weighted by atomic mass is 32.2. The second-order valence-corrected chi connectivity index (χ2v) is 4.33. The zero-order chi connectivity index (χ0) is 12.2. The number of nitrogens with zero attached hydrogens (tertiary/aromatic N) is 3. The predicted octanol–water partition coefficient (Wildman–Crippen LogP) is 0.111. The van der Waals surface area contributed by atoms with E-state index in [2.05, 4.69) is 15.0 Å². The van der Waals surface area contributed by atoms with Gasteiger partial charge in [-0.05, 0) is 12.1 Å². The van der Waals surface area contributed by atoms with E-state index in [0.717, 1.165) is 5.39 Å². The molecule has 0 unspecified atom stereocenters. The maximum Gasteiger partial charge on any atom is 0.261 e. The molecule has 0 fully saturated rings. The third kappa shape index (κ3) is 4.15. The van der Waals surface area contributed by atoms with Gasteiger partial charge in [-0.1, -0.05) is 0 Å². The minimum absolute atomic E-state index is 0.475. The summed E-state index contributed by atoms with van der Waals surface area (Å²) in [5.41, 5.74) is 6.20. The fraction of sp³-hybridized carbons (Fsp3) is 0.125. The van der Waals surface area contributed by atoms with E-state index in [4.69, 9.17) is 10.3 Å². The Morgan fingerprint density at radius 3 is 2.50 bits per heavy atom. The molecule has 0 saturated carbocycles. The lowest BCUT2D eigenvalue weighted by atomic mass is 10.3. The smallest absolute Gasteiger partial charge is 0.261 e. The number of pyridine rings is 1. The van der Waals surface area contributed by atoms with Crippen LogP contribution in [0.4, 0.5) is 5.82 Å². The number of hydrogen-bond acceptors (Lipinski definition) is 6. The summed E-state index contributed by atoms with van der Waals surface area (Å²) < 4.78 is 25.9. The van der Waals surface area contributed by atoms with Gasteiger partial charge < -0.3 is 5.73 Å². The normalized spacial score (nSPS) is 10.6. The molecule has 0 bridgehead atoms. The summed E-state index contributed by atoms with van der Waals surface area (Å²) in [5.74, 6) is 0.475. The highest BCUT2D eigenvalue weighted by Gasteiger charge is 1.97. The van der Waals surface area contributed by atoms with E-state index in [1.165, 1.54) is 6.33 Å². The summed E-state index contributed by atoms with van der Waals surface area (Å²) in [7, 11) is -3.67. The molecular formula is C8H10N4O3S. The van der Waals surface area contributed by atoms with Crippen molar-refractivity contribution >= 4 is 27.0 Å². The Hall–Kier alpha value is -1.80. The average molecular weight is 242 g/mol. The van der Waals surface area contributed by atoms with E-state index in [1.807, 2.05) is 12.1 Å². The van der Waals surface area contributed by atoms with E-state index < -0.39 is 10.1 Å². The molecule has 0 aromatic carbocycles. The second kappa shape index (κ2) is 4.81. The van der Waals surface area contributed by atoms with Gasteiger partial charge in [-0.3, -0.25) is 4.55 Å². The van der Waals surface area contributed by atoms with Crippen LogP contribution in [0.15, 0.2) is 24.7 Å². The Labute approximate surface area is 92.1 Å². The van der Waals surface area contributed by atoms with Crippen LogP contribution < -0.4 is 5.73 Å². The van der Waals surface area contributed by atoms with E-state index in [1.54, 1.807) is 6.20 Å². The summed E-state index contributed by atoms with van der Waals surface area (Å²) in [4.78, 5) is 11.8. The summed E-state index contributed by atoms with van der Waals surface area (Å²) in [6.45, 7) is 0. The monoisotopic (exact) mass is 242 g/mol. The third-order valence-corrected chi connectivity index (χ3v) is 1.44. The fourth-order valence-corrected chi connectivity index (χ4v) is 0.915. The first kappa shape index (κ1) is 12.3. The van der Waals surface area contributed by atoms with Crippen LogP contribution in [-0.2, 0) is 10.1 Å². The zero-order valence-corrected chi connectivity index (χ0v) is 9.22. The topological polar surface area (TPSA) is 119 Å². The molecule has 16 heavy (non-hydrogen) atoms. The number of aromatic nitrogens is 3. The van der Waals surface area contributed by atoms with Crippen LogP contribution in [0.2, 0.25) is 0 Å². The van der Waals surface area contributed by atoms with Gasteiger partial charge >= 0.3 is 0 Å². The molecule has 86 valence electrons. The van der Waals surface area contributed by atoms with Crippen molar-refractivity contribution in [1.82, 2.24) is 15.0 Å². The molecule has 0 aliphatic rings. The predicted molar refractivity (Wildman–Crippen MR) is 59.2 cm³/mol. The lowest BCUT2D eigenvalue weighted by molar-refractivity contribution is 0.490. The first-order valence-corrected chi connectivity index (χ1v) is 5.96. The number of hydrogen-bond donors (Lipinski definition) is 2. The number of anilines is 1. The van der Waals surface area contributed by atoms with Gasteiger partial charge in [-0.2, -0.15) is 8.42 Å². The minimum Gasteiger partial charge on any atom is -0.383 e. The lowest BCUT2D eigenvalue weighted by Gasteiger charge is -1.95. The number of nitrogens with two attached hydrogens (primary N) is 1. The maximum atomic E-state index is 9.19. The van der Waals surface area contributed by atoms with Crippen molar-refractivity contribution in [3.05, 3.63) is 24.7 Å². The molecule has 0 radical (unpaired) electrons. The van der Waals surface area contributed by atoms with Crippen molar-refractivity contribution in [3.63, 3.8) is 0 Å². The van der Waals surface area contributed by atoms with Crippen molar-refractivity contribution < 1.29 is 13.0 Å². The summed E-state index contributed by atoms with van der Waals surface area (Å²) in [5, 5.41) is 0.801. The van der Waals surface area contributed by atoms with Gasteiger partial charge in [-0.15, -0.1) is 0 Å². The van der Waals surface area contributed by atoms with Gasteiger partial charge in [0.1, 0.15) is 12.1 Å². The second-order valence-electron chi connectivity index (χ2n) is 2.87. The van der Waals surface area contributed by atoms with Crippen molar-refractivity contribution in [2.75, 3.05) is 12.0 Å². The number of nitrogen functional groups attached to an aromatic ring is 1. The Kier molecular flexibility index (Phi) is 3.69. The standard InChI is InChI=1S/C7H6N4.CH4O3S/c8-6-5-2-1-3-9-7(5)11-4-10-6;1-5(2,3)4/h1-4H,(H2,8,9,10,11);1H3,(H,2,3,4). The highest BCUT2D eigenvalue weighted by molar-refractivity contribution is 7.85. The first-order chi connectivity index (χ1) is 7.38. The van der Waals surface area contributed by atoms with E-state index in [9.17, 15) is 8.42 Å². The molecule has 0 saturated heterocycles. The fourth-order valence-electron chi connectivity index (χ4n) is 0.915. The third-order valence-electron chi connectivity index (χ3n) is 1.44. The van der Waals surface area contributed by atoms with Gasteiger partial charge in [0.25, 0.3) is 10.1 Å². The summed E-state index contributed by atoms with van der Waals surface area (Å²) in [6.07, 6.45) is 3.80. The van der Waals surface area contributed by atoms with Gasteiger partial charge in [0, 0.05) is 6.20 Å². The van der Waals surface area contributed by atoms with Gasteiger partial charge in [0.2, 0.25) is 0 Å². The molecule has 8 heteroatoms. The SMILES string of the molecule is CS(=O)(=O)O.Nc1ncnc2ncccc12. The average Bonchev–Trinajstić information content (AvgIpc) is 2.16. The highest BCUT2D eigenvalue weighted by Crippen LogP contribution is 2.11. The molecule has 0 amide bonds. The van der Waals surface area contributed by atoms with Gasteiger partial charge in [-0.25, -0.2) is 15.0 Å². The maximum absolute atomic E-state index is 9.19. The molecule has 0 aliphatic heterocycles. The quantitative estimate of drug-likeness (QED) is 0.629. The molecule has 0 aliphatic carbocycles. The van der Waals surface area contributed by atoms with Crippen LogP contribution in [0.25, 0.3) is 11.0 Å². The first-order valence-electron chi connectivity index (χ1n) is 4.11. The Balaban J connectivity index is 0.000000221. The Morgan fingerprint density at radius 2 is 1.94 bits per heavy atom. The molecule has 2 rings (SSSR count). The van der Waals surface area contributed by atoms with Crippen LogP contribution in [0.5, 0.6) is 0 Å². The molecule has 7 nitrogen and oxygen atoms in total. The minimum atomic E-state index is -3.67. The number of rotatable bonds is 0. The molecule has 2 aromatic heterocycles. The lowest BCUT2D eigenvalue weighted by Crippen LogP contribution is -1.93. The molecule has 0 atom stereocenters. The largest absolute Gasteiger partial charge is 0.383 e.